The van der Waals surface area contributed by atoms with Gasteiger partial charge in [-0.3, -0.25) is 0 Å². The number of nitrogens with zero attached hydrogens (tertiary/aromatic N) is 1. The Kier molecular flexibility index (Phi) is 3.84. The fraction of sp³-hybridized carbons (Fsp3) is 0.0952. The summed E-state index contributed by atoms with van der Waals surface area (Å²) >= 11 is 0. The van der Waals surface area contributed by atoms with Gasteiger partial charge in [0.25, 0.3) is 0 Å². The first kappa shape index (κ1) is 16.1. The van der Waals surface area contributed by atoms with Crippen molar-refractivity contribution in [2.24, 2.45) is 0 Å². The van der Waals surface area contributed by atoms with Gasteiger partial charge < -0.3 is 15.5 Å². The van der Waals surface area contributed by atoms with Gasteiger partial charge in [0.2, 0.25) is 5.88 Å². The number of halogens is 1. The van der Waals surface area contributed by atoms with Crippen LogP contribution in [0.15, 0.2) is 54.7 Å². The highest BCUT2D eigenvalue weighted by Gasteiger charge is 2.12. The Morgan fingerprint density at radius 2 is 1.92 bits per heavy atom. The minimum Gasteiger partial charge on any atom is -0.481 e. The number of nitrogen functional groups attached to an aromatic ring is 1. The summed E-state index contributed by atoms with van der Waals surface area (Å²) in [4.78, 5) is 7.56. The van der Waals surface area contributed by atoms with Crippen molar-refractivity contribution in [3.63, 3.8) is 0 Å². The number of hydrogen-bond acceptors (Lipinski definition) is 3. The smallest absolute Gasteiger partial charge is 0.213 e. The Labute approximate surface area is 150 Å². The van der Waals surface area contributed by atoms with Gasteiger partial charge in [0.05, 0.1) is 12.8 Å². The summed E-state index contributed by atoms with van der Waals surface area (Å²) in [6.45, 7) is 2.02. The molecular weight excluding hydrogens is 329 g/mol. The van der Waals surface area contributed by atoms with Crippen LogP contribution >= 0.6 is 0 Å². The van der Waals surface area contributed by atoms with E-state index in [2.05, 4.69) is 16.0 Å². The molecule has 0 bridgehead atoms. The number of nitrogens with one attached hydrogen (secondary N) is 1. The molecule has 130 valence electrons. The van der Waals surface area contributed by atoms with Crippen molar-refractivity contribution in [2.75, 3.05) is 12.8 Å². The van der Waals surface area contributed by atoms with Crippen LogP contribution in [-0.2, 0) is 0 Å². The summed E-state index contributed by atoms with van der Waals surface area (Å²) in [7, 11) is 1.60. The van der Waals surface area contributed by atoms with E-state index in [1.165, 1.54) is 0 Å². The Balaban J connectivity index is 1.80. The van der Waals surface area contributed by atoms with E-state index in [1.807, 2.05) is 31.2 Å². The average molecular weight is 347 g/mol. The first-order chi connectivity index (χ1) is 12.6. The van der Waals surface area contributed by atoms with Crippen LogP contribution in [0, 0.1) is 12.7 Å². The second kappa shape index (κ2) is 6.19. The van der Waals surface area contributed by atoms with E-state index in [-0.39, 0.29) is 5.69 Å². The molecule has 0 radical (unpaired) electrons. The Bertz CT molecular complexity index is 1120. The second-order valence-corrected chi connectivity index (χ2v) is 6.24. The fourth-order valence-corrected chi connectivity index (χ4v) is 3.15. The van der Waals surface area contributed by atoms with E-state index in [0.717, 1.165) is 27.6 Å². The Morgan fingerprint density at radius 1 is 1.08 bits per heavy atom. The molecule has 26 heavy (non-hydrogen) atoms. The van der Waals surface area contributed by atoms with Crippen LogP contribution < -0.4 is 10.5 Å². The molecule has 0 amide bonds. The number of benzene rings is 2. The normalized spacial score (nSPS) is 11.0. The van der Waals surface area contributed by atoms with Gasteiger partial charge in [-0.2, -0.15) is 0 Å². The molecule has 4 rings (SSSR count). The van der Waals surface area contributed by atoms with Gasteiger partial charge in [0.1, 0.15) is 0 Å². The van der Waals surface area contributed by atoms with Gasteiger partial charge in [0, 0.05) is 40.0 Å². The van der Waals surface area contributed by atoms with Gasteiger partial charge in [-0.05, 0) is 48.4 Å². The molecule has 0 saturated carbocycles. The number of pyridine rings is 1. The molecule has 3 N–H and O–H groups in total. The lowest BCUT2D eigenvalue weighted by Gasteiger charge is -2.07. The summed E-state index contributed by atoms with van der Waals surface area (Å²) in [6, 6.07) is 14.9. The quantitative estimate of drug-likeness (QED) is 0.516. The standard InChI is InChI=1S/C21H18FN3O/c1-12-8-20(26-2)24-11-16(12)13-6-7-18-14(9-13)10-19(25-18)15-4-3-5-17(23)21(15)22/h3-11,25H,23H2,1-2H3. The molecule has 0 aliphatic heterocycles. The maximum Gasteiger partial charge on any atom is 0.213 e. The van der Waals surface area contributed by atoms with Crippen molar-refractivity contribution in [3.8, 4) is 28.3 Å². The highest BCUT2D eigenvalue weighted by Crippen LogP contribution is 2.32. The maximum atomic E-state index is 14.3. The van der Waals surface area contributed by atoms with Crippen LogP contribution in [0.4, 0.5) is 10.1 Å². The molecule has 0 unspecified atom stereocenters. The summed E-state index contributed by atoms with van der Waals surface area (Å²) in [5.74, 6) is 0.183. The second-order valence-electron chi connectivity index (χ2n) is 6.24. The van der Waals surface area contributed by atoms with Crippen LogP contribution in [-0.4, -0.2) is 17.1 Å². The van der Waals surface area contributed by atoms with Crippen molar-refractivity contribution in [3.05, 3.63) is 66.1 Å². The number of fused-ring (bicyclic) bond motifs is 1. The molecular formula is C21H18FN3O. The van der Waals surface area contributed by atoms with Gasteiger partial charge in [-0.25, -0.2) is 9.37 Å². The topological polar surface area (TPSA) is 63.9 Å². The number of rotatable bonds is 3. The lowest BCUT2D eigenvalue weighted by atomic mass is 10.0. The molecule has 2 aromatic carbocycles. The predicted octanol–water partition coefficient (Wildman–Crippen LogP) is 4.94. The van der Waals surface area contributed by atoms with Crippen molar-refractivity contribution < 1.29 is 9.13 Å². The number of aromatic amines is 1. The van der Waals surface area contributed by atoms with E-state index < -0.39 is 5.82 Å². The Hall–Kier alpha value is -3.34. The molecule has 2 heterocycles. The summed E-state index contributed by atoms with van der Waals surface area (Å²) < 4.78 is 19.5. The van der Waals surface area contributed by atoms with Gasteiger partial charge in [0.15, 0.2) is 5.82 Å². The number of ether oxygens (including phenoxy) is 1. The van der Waals surface area contributed by atoms with E-state index in [1.54, 1.807) is 31.5 Å². The van der Waals surface area contributed by atoms with Crippen molar-refractivity contribution >= 4 is 16.6 Å². The Morgan fingerprint density at radius 3 is 2.69 bits per heavy atom. The lowest BCUT2D eigenvalue weighted by molar-refractivity contribution is 0.397. The van der Waals surface area contributed by atoms with Crippen molar-refractivity contribution in [1.29, 1.82) is 0 Å². The number of anilines is 1. The molecule has 4 aromatic rings. The molecule has 0 fully saturated rings. The van der Waals surface area contributed by atoms with E-state index >= 15 is 0 Å². The molecule has 4 nitrogen and oxygen atoms in total. The highest BCUT2D eigenvalue weighted by atomic mass is 19.1. The number of aryl methyl sites for hydroxylation is 1. The molecule has 0 spiro atoms. The van der Waals surface area contributed by atoms with Gasteiger partial charge in [-0.15, -0.1) is 0 Å². The number of aromatic nitrogens is 2. The van der Waals surface area contributed by atoms with Gasteiger partial charge in [-0.1, -0.05) is 12.1 Å². The van der Waals surface area contributed by atoms with E-state index in [4.69, 9.17) is 10.5 Å². The zero-order valence-corrected chi connectivity index (χ0v) is 14.5. The van der Waals surface area contributed by atoms with Gasteiger partial charge >= 0.3 is 0 Å². The lowest BCUT2D eigenvalue weighted by Crippen LogP contribution is -1.92. The fourth-order valence-electron chi connectivity index (χ4n) is 3.15. The first-order valence-corrected chi connectivity index (χ1v) is 8.25. The largest absolute Gasteiger partial charge is 0.481 e. The third-order valence-corrected chi connectivity index (χ3v) is 4.55. The molecule has 0 atom stereocenters. The molecule has 2 aromatic heterocycles. The van der Waals surface area contributed by atoms with Crippen LogP contribution in [0.3, 0.4) is 0 Å². The highest BCUT2D eigenvalue weighted by molar-refractivity contribution is 5.90. The number of methoxy groups -OCH3 is 1. The SMILES string of the molecule is COc1cc(C)c(-c2ccc3[nH]c(-c4cccc(N)c4F)cc3c2)cn1. The van der Waals surface area contributed by atoms with Crippen LogP contribution in [0.1, 0.15) is 5.56 Å². The third kappa shape index (κ3) is 2.67. The monoisotopic (exact) mass is 347 g/mol. The first-order valence-electron chi connectivity index (χ1n) is 8.25. The van der Waals surface area contributed by atoms with Crippen LogP contribution in [0.5, 0.6) is 5.88 Å². The number of H-pyrrole nitrogens is 1. The zero-order chi connectivity index (χ0) is 18.3. The van der Waals surface area contributed by atoms with Crippen molar-refractivity contribution in [1.82, 2.24) is 9.97 Å². The maximum absolute atomic E-state index is 14.3. The van der Waals surface area contributed by atoms with E-state index in [9.17, 15) is 4.39 Å². The predicted molar refractivity (Wildman–Crippen MR) is 103 cm³/mol. The molecule has 0 saturated heterocycles. The summed E-state index contributed by atoms with van der Waals surface area (Å²) in [5.41, 5.74) is 11.1. The molecule has 5 heteroatoms. The molecule has 0 aliphatic rings. The number of nitrogens with two attached hydrogens (primary N) is 1. The van der Waals surface area contributed by atoms with Crippen LogP contribution in [0.2, 0.25) is 0 Å². The zero-order valence-electron chi connectivity index (χ0n) is 14.5. The minimum absolute atomic E-state index is 0.141. The van der Waals surface area contributed by atoms with Crippen molar-refractivity contribution in [2.45, 2.75) is 6.92 Å². The van der Waals surface area contributed by atoms with Crippen LogP contribution in [0.25, 0.3) is 33.3 Å². The number of hydrogen-bond donors (Lipinski definition) is 2. The van der Waals surface area contributed by atoms with E-state index in [0.29, 0.717) is 17.1 Å². The molecule has 0 aliphatic carbocycles. The summed E-state index contributed by atoms with van der Waals surface area (Å²) in [5, 5.41) is 0.995. The summed E-state index contributed by atoms with van der Waals surface area (Å²) in [6.07, 6.45) is 1.81. The third-order valence-electron chi connectivity index (χ3n) is 4.55. The average Bonchev–Trinajstić information content (AvgIpc) is 3.06. The minimum atomic E-state index is -0.408.